The number of anilines is 1. The molecule has 1 atom stereocenters. The van der Waals surface area contributed by atoms with Gasteiger partial charge in [-0.05, 0) is 24.7 Å². The fraction of sp³-hybridized carbons (Fsp3) is 0.667. The Morgan fingerprint density at radius 1 is 1.48 bits per heavy atom. The first kappa shape index (κ1) is 14.3. The number of fused-ring (bicyclic) bond motifs is 1. The Hall–Kier alpha value is -1.69. The third-order valence-corrected chi connectivity index (χ3v) is 4.15. The van der Waals surface area contributed by atoms with E-state index in [4.69, 9.17) is 4.74 Å². The van der Waals surface area contributed by atoms with Gasteiger partial charge in [-0.2, -0.15) is 14.6 Å². The van der Waals surface area contributed by atoms with Crippen molar-refractivity contribution >= 4 is 11.6 Å². The predicted molar refractivity (Wildman–Crippen MR) is 81.2 cm³/mol. The van der Waals surface area contributed by atoms with Gasteiger partial charge in [0.1, 0.15) is 12.1 Å². The van der Waals surface area contributed by atoms with Crippen LogP contribution in [0.4, 0.5) is 5.82 Å². The van der Waals surface area contributed by atoms with Crippen molar-refractivity contribution in [2.24, 2.45) is 5.41 Å². The number of hydrogen-bond donors (Lipinski definition) is 1. The summed E-state index contributed by atoms with van der Waals surface area (Å²) in [5, 5.41) is 7.89. The van der Waals surface area contributed by atoms with Crippen LogP contribution >= 0.6 is 0 Å². The van der Waals surface area contributed by atoms with Gasteiger partial charge >= 0.3 is 0 Å². The zero-order chi connectivity index (χ0) is 14.9. The maximum atomic E-state index is 5.18. The molecule has 0 amide bonds. The Labute approximate surface area is 124 Å². The van der Waals surface area contributed by atoms with E-state index in [-0.39, 0.29) is 0 Å². The second kappa shape index (κ2) is 5.60. The molecular weight excluding hydrogens is 266 g/mol. The molecule has 2 aromatic rings. The van der Waals surface area contributed by atoms with Crippen LogP contribution in [0.15, 0.2) is 12.4 Å². The van der Waals surface area contributed by atoms with Gasteiger partial charge in [-0.15, -0.1) is 0 Å². The van der Waals surface area contributed by atoms with E-state index < -0.39 is 0 Å². The lowest BCUT2D eigenvalue weighted by atomic mass is 9.75. The van der Waals surface area contributed by atoms with Gasteiger partial charge in [-0.3, -0.25) is 0 Å². The monoisotopic (exact) mass is 289 g/mol. The third kappa shape index (κ3) is 3.15. The van der Waals surface area contributed by atoms with Crippen molar-refractivity contribution in [1.82, 2.24) is 19.6 Å². The molecule has 6 nitrogen and oxygen atoms in total. The molecule has 1 fully saturated rings. The molecule has 3 rings (SSSR count). The zero-order valence-corrected chi connectivity index (χ0v) is 13.0. The van der Waals surface area contributed by atoms with E-state index in [9.17, 15) is 0 Å². The van der Waals surface area contributed by atoms with Gasteiger partial charge < -0.3 is 10.1 Å². The standard InChI is InChI=1S/C15H23N5O/c1-15(2)6-4-5-11(8-15)18-13-7-12(9-21-3)19-14-16-10-17-20(13)14/h7,10-11,18H,4-6,8-9H2,1-3H3. The number of aromatic nitrogens is 4. The van der Waals surface area contributed by atoms with E-state index in [1.54, 1.807) is 11.6 Å². The van der Waals surface area contributed by atoms with Crippen molar-refractivity contribution in [3.8, 4) is 0 Å². The Morgan fingerprint density at radius 2 is 2.33 bits per heavy atom. The summed E-state index contributed by atoms with van der Waals surface area (Å²) in [4.78, 5) is 8.62. The number of nitrogens with one attached hydrogen (secondary N) is 1. The van der Waals surface area contributed by atoms with Crippen molar-refractivity contribution in [2.75, 3.05) is 12.4 Å². The van der Waals surface area contributed by atoms with E-state index in [1.807, 2.05) is 6.07 Å². The normalized spacial score (nSPS) is 21.6. The molecule has 2 heterocycles. The first-order valence-corrected chi connectivity index (χ1v) is 7.52. The van der Waals surface area contributed by atoms with Gasteiger partial charge in [-0.25, -0.2) is 4.98 Å². The molecule has 0 aliphatic heterocycles. The highest BCUT2D eigenvalue weighted by Gasteiger charge is 2.28. The summed E-state index contributed by atoms with van der Waals surface area (Å²) in [5.41, 5.74) is 1.27. The highest BCUT2D eigenvalue weighted by atomic mass is 16.5. The number of rotatable bonds is 4. The summed E-state index contributed by atoms with van der Waals surface area (Å²) in [7, 11) is 1.67. The Morgan fingerprint density at radius 3 is 3.10 bits per heavy atom. The molecule has 0 radical (unpaired) electrons. The summed E-state index contributed by atoms with van der Waals surface area (Å²) in [5.74, 6) is 1.56. The maximum absolute atomic E-state index is 5.18. The lowest BCUT2D eigenvalue weighted by Crippen LogP contribution is -2.32. The average Bonchev–Trinajstić information content (AvgIpc) is 2.86. The Balaban J connectivity index is 1.86. The van der Waals surface area contributed by atoms with E-state index >= 15 is 0 Å². The van der Waals surface area contributed by atoms with Crippen LogP contribution in [0.2, 0.25) is 0 Å². The van der Waals surface area contributed by atoms with Crippen LogP contribution in [0.5, 0.6) is 0 Å². The van der Waals surface area contributed by atoms with Gasteiger partial charge in [-0.1, -0.05) is 20.3 Å². The topological polar surface area (TPSA) is 64.3 Å². The minimum absolute atomic E-state index is 0.403. The molecule has 0 spiro atoms. The molecule has 1 N–H and O–H groups in total. The molecule has 1 unspecified atom stereocenters. The van der Waals surface area contributed by atoms with Crippen LogP contribution in [0.25, 0.3) is 5.78 Å². The van der Waals surface area contributed by atoms with Gasteiger partial charge in [0.05, 0.1) is 12.3 Å². The summed E-state index contributed by atoms with van der Waals surface area (Å²) < 4.78 is 6.95. The molecule has 2 aromatic heterocycles. The Kier molecular flexibility index (Phi) is 3.80. The number of hydrogen-bond acceptors (Lipinski definition) is 5. The van der Waals surface area contributed by atoms with E-state index in [1.165, 1.54) is 32.0 Å². The van der Waals surface area contributed by atoms with Crippen LogP contribution in [0.1, 0.15) is 45.2 Å². The molecule has 21 heavy (non-hydrogen) atoms. The number of methoxy groups -OCH3 is 1. The molecule has 1 aliphatic rings. The summed E-state index contributed by atoms with van der Waals surface area (Å²) in [6.45, 7) is 5.16. The van der Waals surface area contributed by atoms with Crippen LogP contribution in [0.3, 0.4) is 0 Å². The molecule has 114 valence electrons. The molecule has 1 saturated carbocycles. The summed E-state index contributed by atoms with van der Waals surface area (Å²) in [6, 6.07) is 2.48. The van der Waals surface area contributed by atoms with Crippen LogP contribution in [-0.4, -0.2) is 32.7 Å². The first-order valence-electron chi connectivity index (χ1n) is 7.52. The number of nitrogens with zero attached hydrogens (tertiary/aromatic N) is 4. The van der Waals surface area contributed by atoms with Crippen molar-refractivity contribution < 1.29 is 4.74 Å². The van der Waals surface area contributed by atoms with E-state index in [0.717, 1.165) is 11.5 Å². The summed E-state index contributed by atoms with van der Waals surface area (Å²) in [6.07, 6.45) is 6.47. The fourth-order valence-corrected chi connectivity index (χ4v) is 3.22. The zero-order valence-electron chi connectivity index (χ0n) is 13.0. The lowest BCUT2D eigenvalue weighted by Gasteiger charge is -2.36. The third-order valence-electron chi connectivity index (χ3n) is 4.15. The first-order chi connectivity index (χ1) is 10.1. The predicted octanol–water partition coefficient (Wildman–Crippen LogP) is 2.65. The van der Waals surface area contributed by atoms with Crippen molar-refractivity contribution in [3.63, 3.8) is 0 Å². The second-order valence-corrected chi connectivity index (χ2v) is 6.64. The summed E-state index contributed by atoms with van der Waals surface area (Å²) >= 11 is 0. The molecular formula is C15H23N5O. The minimum Gasteiger partial charge on any atom is -0.378 e. The smallest absolute Gasteiger partial charge is 0.254 e. The minimum atomic E-state index is 0.403. The molecule has 6 heteroatoms. The van der Waals surface area contributed by atoms with E-state index in [2.05, 4.69) is 34.2 Å². The molecule has 1 aliphatic carbocycles. The molecule has 0 bridgehead atoms. The quantitative estimate of drug-likeness (QED) is 0.937. The highest BCUT2D eigenvalue weighted by Crippen LogP contribution is 2.36. The Bertz CT molecular complexity index is 622. The largest absolute Gasteiger partial charge is 0.378 e. The average molecular weight is 289 g/mol. The van der Waals surface area contributed by atoms with Crippen molar-refractivity contribution in [3.05, 3.63) is 18.1 Å². The number of ether oxygens (including phenoxy) is 1. The van der Waals surface area contributed by atoms with Crippen LogP contribution in [0, 0.1) is 5.41 Å². The van der Waals surface area contributed by atoms with Crippen LogP contribution in [-0.2, 0) is 11.3 Å². The van der Waals surface area contributed by atoms with Crippen molar-refractivity contribution in [2.45, 2.75) is 52.2 Å². The van der Waals surface area contributed by atoms with Gasteiger partial charge in [0.15, 0.2) is 0 Å². The second-order valence-electron chi connectivity index (χ2n) is 6.64. The lowest BCUT2D eigenvalue weighted by molar-refractivity contribution is 0.181. The van der Waals surface area contributed by atoms with Gasteiger partial charge in [0, 0.05) is 19.2 Å². The van der Waals surface area contributed by atoms with Crippen molar-refractivity contribution in [1.29, 1.82) is 0 Å². The molecule has 0 saturated heterocycles. The van der Waals surface area contributed by atoms with Crippen LogP contribution < -0.4 is 5.32 Å². The SMILES string of the molecule is COCc1cc(NC2CCCC(C)(C)C2)n2ncnc2n1. The van der Waals surface area contributed by atoms with E-state index in [0.29, 0.717) is 23.8 Å². The van der Waals surface area contributed by atoms with Gasteiger partial charge in [0.25, 0.3) is 5.78 Å². The molecule has 0 aromatic carbocycles. The maximum Gasteiger partial charge on any atom is 0.254 e. The fourth-order valence-electron chi connectivity index (χ4n) is 3.22. The van der Waals surface area contributed by atoms with Gasteiger partial charge in [0.2, 0.25) is 0 Å². The highest BCUT2D eigenvalue weighted by molar-refractivity contribution is 5.45.